The van der Waals surface area contributed by atoms with E-state index in [0.717, 1.165) is 10.0 Å². The number of allylic oxidation sites excluding steroid dienone is 1. The van der Waals surface area contributed by atoms with Crippen molar-refractivity contribution in [3.63, 3.8) is 0 Å². The molecule has 0 radical (unpaired) electrons. The van der Waals surface area contributed by atoms with Crippen molar-refractivity contribution >= 4 is 39.4 Å². The fourth-order valence-corrected chi connectivity index (χ4v) is 2.11. The van der Waals surface area contributed by atoms with Crippen molar-refractivity contribution in [1.29, 1.82) is 0 Å². The molecule has 0 aliphatic heterocycles. The molecule has 0 unspecified atom stereocenters. The minimum atomic E-state index is -0.0452. The Morgan fingerprint density at radius 1 is 1.11 bits per heavy atom. The molecule has 0 saturated heterocycles. The molecule has 0 fully saturated rings. The van der Waals surface area contributed by atoms with Crippen molar-refractivity contribution in [2.45, 2.75) is 0 Å². The summed E-state index contributed by atoms with van der Waals surface area (Å²) in [6, 6.07) is 14.7. The van der Waals surface area contributed by atoms with E-state index in [9.17, 15) is 4.79 Å². The van der Waals surface area contributed by atoms with Crippen molar-refractivity contribution < 1.29 is 4.79 Å². The molecule has 3 heteroatoms. The topological polar surface area (TPSA) is 17.1 Å². The molecular formula is C15H10BrClO. The maximum absolute atomic E-state index is 11.9. The van der Waals surface area contributed by atoms with Crippen LogP contribution in [0.4, 0.5) is 0 Å². The lowest BCUT2D eigenvalue weighted by Gasteiger charge is -1.98. The number of rotatable bonds is 3. The second-order valence-electron chi connectivity index (χ2n) is 3.73. The van der Waals surface area contributed by atoms with E-state index in [1.54, 1.807) is 24.3 Å². The molecule has 1 nitrogen and oxygen atoms in total. The minimum absolute atomic E-state index is 0.0452. The summed E-state index contributed by atoms with van der Waals surface area (Å²) in [6.45, 7) is 0. The molecular weight excluding hydrogens is 312 g/mol. The first kappa shape index (κ1) is 13.1. The van der Waals surface area contributed by atoms with Gasteiger partial charge in [-0.25, -0.2) is 0 Å². The Bertz CT molecular complexity index is 605. The van der Waals surface area contributed by atoms with E-state index in [1.165, 1.54) is 6.08 Å². The lowest BCUT2D eigenvalue weighted by Crippen LogP contribution is -1.93. The summed E-state index contributed by atoms with van der Waals surface area (Å²) in [5.74, 6) is -0.0452. The SMILES string of the molecule is O=C(/C=C/c1ccccc1Cl)c1cccc(Br)c1. The van der Waals surface area contributed by atoms with Gasteiger partial charge in [-0.15, -0.1) is 0 Å². The predicted octanol–water partition coefficient (Wildman–Crippen LogP) is 5.00. The van der Waals surface area contributed by atoms with E-state index >= 15 is 0 Å². The van der Waals surface area contributed by atoms with Crippen molar-refractivity contribution in [3.8, 4) is 0 Å². The van der Waals surface area contributed by atoms with Gasteiger partial charge >= 0.3 is 0 Å². The quantitative estimate of drug-likeness (QED) is 0.574. The van der Waals surface area contributed by atoms with Gasteiger partial charge in [-0.3, -0.25) is 4.79 Å². The van der Waals surface area contributed by atoms with Gasteiger partial charge in [0.1, 0.15) is 0 Å². The normalized spacial score (nSPS) is 10.8. The molecule has 0 heterocycles. The molecule has 0 N–H and O–H groups in total. The highest BCUT2D eigenvalue weighted by molar-refractivity contribution is 9.10. The molecule has 0 spiro atoms. The smallest absolute Gasteiger partial charge is 0.185 e. The van der Waals surface area contributed by atoms with E-state index in [0.29, 0.717) is 10.6 Å². The lowest BCUT2D eigenvalue weighted by atomic mass is 10.1. The lowest BCUT2D eigenvalue weighted by molar-refractivity contribution is 0.104. The number of ketones is 1. The van der Waals surface area contributed by atoms with Crippen molar-refractivity contribution in [3.05, 3.63) is 75.2 Å². The Kier molecular flexibility index (Phi) is 4.34. The fourth-order valence-electron chi connectivity index (χ4n) is 1.51. The van der Waals surface area contributed by atoms with Gasteiger partial charge < -0.3 is 0 Å². The third-order valence-corrected chi connectivity index (χ3v) is 3.27. The van der Waals surface area contributed by atoms with Crippen LogP contribution >= 0.6 is 27.5 Å². The third kappa shape index (κ3) is 3.31. The summed E-state index contributed by atoms with van der Waals surface area (Å²) in [5.41, 5.74) is 1.48. The van der Waals surface area contributed by atoms with Gasteiger partial charge in [-0.2, -0.15) is 0 Å². The Balaban J connectivity index is 2.20. The Morgan fingerprint density at radius 3 is 2.61 bits per heavy atom. The highest BCUT2D eigenvalue weighted by atomic mass is 79.9. The van der Waals surface area contributed by atoms with Crippen molar-refractivity contribution in [2.24, 2.45) is 0 Å². The number of hydrogen-bond acceptors (Lipinski definition) is 1. The summed E-state index contributed by atoms with van der Waals surface area (Å²) >= 11 is 9.35. The Morgan fingerprint density at radius 2 is 1.89 bits per heavy atom. The molecule has 0 bridgehead atoms. The standard InChI is InChI=1S/C15H10BrClO/c16-13-6-3-5-12(10-13)15(18)9-8-11-4-1-2-7-14(11)17/h1-10H/b9-8+. The van der Waals surface area contributed by atoms with Crippen LogP contribution in [0.25, 0.3) is 6.08 Å². The molecule has 90 valence electrons. The maximum Gasteiger partial charge on any atom is 0.185 e. The third-order valence-electron chi connectivity index (χ3n) is 2.43. The number of hydrogen-bond donors (Lipinski definition) is 0. The first-order valence-corrected chi connectivity index (χ1v) is 6.56. The largest absolute Gasteiger partial charge is 0.289 e. The summed E-state index contributed by atoms with van der Waals surface area (Å²) < 4.78 is 0.888. The van der Waals surface area contributed by atoms with Crippen LogP contribution in [0.2, 0.25) is 5.02 Å². The number of carbonyl (C=O) groups excluding carboxylic acids is 1. The molecule has 18 heavy (non-hydrogen) atoms. The van der Waals surface area contributed by atoms with Crippen LogP contribution in [0.3, 0.4) is 0 Å². The van der Waals surface area contributed by atoms with Gasteiger partial charge in [0.25, 0.3) is 0 Å². The number of carbonyl (C=O) groups is 1. The minimum Gasteiger partial charge on any atom is -0.289 e. The molecule has 2 aromatic carbocycles. The van der Waals surface area contributed by atoms with Crippen molar-refractivity contribution in [1.82, 2.24) is 0 Å². The summed E-state index contributed by atoms with van der Waals surface area (Å²) in [7, 11) is 0. The van der Waals surface area contributed by atoms with Gasteiger partial charge in [-0.1, -0.05) is 57.9 Å². The van der Waals surface area contributed by atoms with Gasteiger partial charge in [0.15, 0.2) is 5.78 Å². The van der Waals surface area contributed by atoms with E-state index < -0.39 is 0 Å². The first-order valence-electron chi connectivity index (χ1n) is 5.39. The van der Waals surface area contributed by atoms with E-state index in [1.807, 2.05) is 30.3 Å². The average Bonchev–Trinajstić information content (AvgIpc) is 2.37. The monoisotopic (exact) mass is 320 g/mol. The Labute approximate surface area is 119 Å². The summed E-state index contributed by atoms with van der Waals surface area (Å²) in [4.78, 5) is 11.9. The highest BCUT2D eigenvalue weighted by Gasteiger charge is 2.02. The van der Waals surface area contributed by atoms with E-state index in [4.69, 9.17) is 11.6 Å². The van der Waals surface area contributed by atoms with Crippen LogP contribution in [-0.4, -0.2) is 5.78 Å². The van der Waals surface area contributed by atoms with Gasteiger partial charge in [0, 0.05) is 15.1 Å². The molecule has 0 amide bonds. The average molecular weight is 322 g/mol. The molecule has 0 saturated carbocycles. The van der Waals surface area contributed by atoms with Gasteiger partial charge in [0.05, 0.1) is 0 Å². The second kappa shape index (κ2) is 5.98. The highest BCUT2D eigenvalue weighted by Crippen LogP contribution is 2.17. The second-order valence-corrected chi connectivity index (χ2v) is 5.05. The van der Waals surface area contributed by atoms with Crippen LogP contribution in [0, 0.1) is 0 Å². The molecule has 2 aromatic rings. The first-order chi connectivity index (χ1) is 8.66. The van der Waals surface area contributed by atoms with Crippen LogP contribution < -0.4 is 0 Å². The maximum atomic E-state index is 11.9. The fraction of sp³-hybridized carbons (Fsp3) is 0. The zero-order valence-corrected chi connectivity index (χ0v) is 11.8. The Hall–Kier alpha value is -1.38. The predicted molar refractivity (Wildman–Crippen MR) is 79.0 cm³/mol. The summed E-state index contributed by atoms with van der Waals surface area (Å²) in [6.07, 6.45) is 3.26. The van der Waals surface area contributed by atoms with Crippen molar-refractivity contribution in [2.75, 3.05) is 0 Å². The van der Waals surface area contributed by atoms with Crippen LogP contribution in [-0.2, 0) is 0 Å². The molecule has 0 aliphatic carbocycles. The van der Waals surface area contributed by atoms with Gasteiger partial charge in [0.2, 0.25) is 0 Å². The van der Waals surface area contributed by atoms with E-state index in [2.05, 4.69) is 15.9 Å². The zero-order chi connectivity index (χ0) is 13.0. The summed E-state index contributed by atoms with van der Waals surface area (Å²) in [5, 5.41) is 0.635. The number of benzene rings is 2. The molecule has 2 rings (SSSR count). The van der Waals surface area contributed by atoms with Crippen LogP contribution in [0.5, 0.6) is 0 Å². The molecule has 0 atom stereocenters. The van der Waals surface area contributed by atoms with E-state index in [-0.39, 0.29) is 5.78 Å². The molecule has 0 aromatic heterocycles. The van der Waals surface area contributed by atoms with Crippen LogP contribution in [0.1, 0.15) is 15.9 Å². The van der Waals surface area contributed by atoms with Gasteiger partial charge in [-0.05, 0) is 35.9 Å². The number of halogens is 2. The molecule has 0 aliphatic rings. The zero-order valence-electron chi connectivity index (χ0n) is 9.44. The van der Waals surface area contributed by atoms with Crippen LogP contribution in [0.15, 0.2) is 59.1 Å².